The van der Waals surface area contributed by atoms with Gasteiger partial charge in [-0.15, -0.1) is 11.3 Å². The predicted molar refractivity (Wildman–Crippen MR) is 62.9 cm³/mol. The second-order valence-corrected chi connectivity index (χ2v) is 4.44. The van der Waals surface area contributed by atoms with E-state index in [1.54, 1.807) is 17.6 Å². The summed E-state index contributed by atoms with van der Waals surface area (Å²) in [7, 11) is 0. The Bertz CT molecular complexity index is 391. The van der Waals surface area contributed by atoms with E-state index in [0.29, 0.717) is 0 Å². The average molecular weight is 221 g/mol. The minimum Gasteiger partial charge on any atom is -0.469 e. The molecule has 0 aromatic carbocycles. The van der Waals surface area contributed by atoms with Gasteiger partial charge in [-0.05, 0) is 17.5 Å². The highest BCUT2D eigenvalue weighted by atomic mass is 32.1. The van der Waals surface area contributed by atoms with E-state index in [1.807, 2.05) is 6.07 Å². The van der Waals surface area contributed by atoms with E-state index in [4.69, 9.17) is 4.42 Å². The molecule has 0 fully saturated rings. The molecule has 0 amide bonds. The topological polar surface area (TPSA) is 25.2 Å². The molecule has 80 valence electrons. The molecule has 0 atom stereocenters. The zero-order valence-corrected chi connectivity index (χ0v) is 9.64. The summed E-state index contributed by atoms with van der Waals surface area (Å²) in [6.45, 7) is 3.94. The van der Waals surface area contributed by atoms with E-state index in [0.717, 1.165) is 25.3 Å². The minimum absolute atomic E-state index is 0.886. The Morgan fingerprint density at radius 2 is 2.27 bits per heavy atom. The third kappa shape index (κ3) is 2.70. The van der Waals surface area contributed by atoms with Crippen molar-refractivity contribution in [3.8, 4) is 0 Å². The second kappa shape index (κ2) is 5.14. The van der Waals surface area contributed by atoms with Crippen LogP contribution in [0.2, 0.25) is 0 Å². The van der Waals surface area contributed by atoms with Crippen LogP contribution in [0.15, 0.2) is 34.3 Å². The SMILES string of the molecule is CCc1occc1CNCc1cccs1. The van der Waals surface area contributed by atoms with Crippen molar-refractivity contribution in [2.75, 3.05) is 0 Å². The summed E-state index contributed by atoms with van der Waals surface area (Å²) in [5, 5.41) is 5.52. The molecule has 15 heavy (non-hydrogen) atoms. The van der Waals surface area contributed by atoms with Crippen LogP contribution >= 0.6 is 11.3 Å². The van der Waals surface area contributed by atoms with Crippen LogP contribution in [0.5, 0.6) is 0 Å². The van der Waals surface area contributed by atoms with Crippen LogP contribution in [0.3, 0.4) is 0 Å². The standard InChI is InChI=1S/C12H15NOS/c1-2-12-10(5-6-14-12)8-13-9-11-4-3-7-15-11/h3-7,13H,2,8-9H2,1H3. The Labute approximate surface area is 93.9 Å². The maximum atomic E-state index is 5.36. The summed E-state index contributed by atoms with van der Waals surface area (Å²) in [6, 6.07) is 6.27. The Balaban J connectivity index is 1.83. The molecule has 0 aliphatic heterocycles. The zero-order valence-electron chi connectivity index (χ0n) is 8.82. The van der Waals surface area contributed by atoms with Crippen molar-refractivity contribution >= 4 is 11.3 Å². The van der Waals surface area contributed by atoms with Gasteiger partial charge in [0.25, 0.3) is 0 Å². The van der Waals surface area contributed by atoms with Gasteiger partial charge in [-0.1, -0.05) is 13.0 Å². The molecule has 0 unspecified atom stereocenters. The monoisotopic (exact) mass is 221 g/mol. The van der Waals surface area contributed by atoms with Crippen molar-refractivity contribution in [2.45, 2.75) is 26.4 Å². The van der Waals surface area contributed by atoms with Crippen LogP contribution in [-0.2, 0) is 19.5 Å². The highest BCUT2D eigenvalue weighted by Gasteiger charge is 2.03. The van der Waals surface area contributed by atoms with Gasteiger partial charge in [-0.2, -0.15) is 0 Å². The van der Waals surface area contributed by atoms with E-state index in [2.05, 4.69) is 29.8 Å². The summed E-state index contributed by atoms with van der Waals surface area (Å²) >= 11 is 1.78. The van der Waals surface area contributed by atoms with Crippen molar-refractivity contribution in [3.63, 3.8) is 0 Å². The molecule has 1 N–H and O–H groups in total. The van der Waals surface area contributed by atoms with Gasteiger partial charge in [-0.3, -0.25) is 0 Å². The summed E-state index contributed by atoms with van der Waals surface area (Å²) < 4.78 is 5.36. The third-order valence-electron chi connectivity index (χ3n) is 2.35. The predicted octanol–water partition coefficient (Wildman–Crippen LogP) is 3.19. The molecule has 0 aliphatic rings. The fraction of sp³-hybridized carbons (Fsp3) is 0.333. The third-order valence-corrected chi connectivity index (χ3v) is 3.23. The van der Waals surface area contributed by atoms with Crippen molar-refractivity contribution in [2.24, 2.45) is 0 Å². The molecule has 0 aliphatic carbocycles. The van der Waals surface area contributed by atoms with Crippen molar-refractivity contribution in [3.05, 3.63) is 46.0 Å². The molecule has 0 spiro atoms. The van der Waals surface area contributed by atoms with Gasteiger partial charge >= 0.3 is 0 Å². The van der Waals surface area contributed by atoms with Crippen molar-refractivity contribution in [1.82, 2.24) is 5.32 Å². The maximum absolute atomic E-state index is 5.36. The molecule has 2 nitrogen and oxygen atoms in total. The normalized spacial score (nSPS) is 10.7. The molecule has 0 bridgehead atoms. The van der Waals surface area contributed by atoms with Crippen LogP contribution < -0.4 is 5.32 Å². The Morgan fingerprint density at radius 3 is 3.00 bits per heavy atom. The Morgan fingerprint density at radius 1 is 1.33 bits per heavy atom. The first-order chi connectivity index (χ1) is 7.40. The first-order valence-electron chi connectivity index (χ1n) is 5.18. The molecule has 2 aromatic rings. The number of aryl methyl sites for hydroxylation is 1. The number of nitrogens with one attached hydrogen (secondary N) is 1. The molecular formula is C12H15NOS. The first kappa shape index (κ1) is 10.5. The number of hydrogen-bond donors (Lipinski definition) is 1. The highest BCUT2D eigenvalue weighted by Crippen LogP contribution is 2.12. The van der Waals surface area contributed by atoms with Gasteiger partial charge in [-0.25, -0.2) is 0 Å². The van der Waals surface area contributed by atoms with E-state index in [-0.39, 0.29) is 0 Å². The van der Waals surface area contributed by atoms with Crippen molar-refractivity contribution < 1.29 is 4.42 Å². The number of furan rings is 1. The molecule has 3 heteroatoms. The van der Waals surface area contributed by atoms with Gasteiger partial charge in [0, 0.05) is 30.0 Å². The fourth-order valence-corrected chi connectivity index (χ4v) is 2.24. The maximum Gasteiger partial charge on any atom is 0.107 e. The largest absolute Gasteiger partial charge is 0.469 e. The lowest BCUT2D eigenvalue weighted by Gasteiger charge is -2.02. The summed E-state index contributed by atoms with van der Waals surface area (Å²) in [6.07, 6.45) is 2.73. The summed E-state index contributed by atoms with van der Waals surface area (Å²) in [5.74, 6) is 1.09. The quantitative estimate of drug-likeness (QED) is 0.838. The average Bonchev–Trinajstić information content (AvgIpc) is 2.88. The molecule has 2 heterocycles. The van der Waals surface area contributed by atoms with E-state index >= 15 is 0 Å². The molecule has 2 aromatic heterocycles. The fourth-order valence-electron chi connectivity index (χ4n) is 1.57. The van der Waals surface area contributed by atoms with Crippen molar-refractivity contribution in [1.29, 1.82) is 0 Å². The Kier molecular flexibility index (Phi) is 3.59. The Hall–Kier alpha value is -1.06. The second-order valence-electron chi connectivity index (χ2n) is 3.41. The zero-order chi connectivity index (χ0) is 10.5. The number of rotatable bonds is 5. The van der Waals surface area contributed by atoms with E-state index in [1.165, 1.54) is 10.4 Å². The van der Waals surface area contributed by atoms with Gasteiger partial charge in [0.05, 0.1) is 6.26 Å². The summed E-state index contributed by atoms with van der Waals surface area (Å²) in [4.78, 5) is 1.37. The molecule has 0 saturated carbocycles. The van der Waals surface area contributed by atoms with Gasteiger partial charge < -0.3 is 9.73 Å². The van der Waals surface area contributed by atoms with Crippen LogP contribution in [0.4, 0.5) is 0 Å². The molecule has 2 rings (SSSR count). The minimum atomic E-state index is 0.886. The van der Waals surface area contributed by atoms with Gasteiger partial charge in [0.1, 0.15) is 5.76 Å². The van der Waals surface area contributed by atoms with Gasteiger partial charge in [0.15, 0.2) is 0 Å². The first-order valence-corrected chi connectivity index (χ1v) is 6.06. The number of hydrogen-bond acceptors (Lipinski definition) is 3. The van der Waals surface area contributed by atoms with Crippen LogP contribution in [-0.4, -0.2) is 0 Å². The van der Waals surface area contributed by atoms with Crippen LogP contribution in [0, 0.1) is 0 Å². The van der Waals surface area contributed by atoms with Crippen LogP contribution in [0.1, 0.15) is 23.1 Å². The smallest absolute Gasteiger partial charge is 0.107 e. The highest BCUT2D eigenvalue weighted by molar-refractivity contribution is 7.09. The molecule has 0 saturated heterocycles. The summed E-state index contributed by atoms with van der Waals surface area (Å²) in [5.41, 5.74) is 1.27. The molecular weight excluding hydrogens is 206 g/mol. The lowest BCUT2D eigenvalue weighted by molar-refractivity contribution is 0.508. The lowest BCUT2D eigenvalue weighted by atomic mass is 10.2. The van der Waals surface area contributed by atoms with Gasteiger partial charge in [0.2, 0.25) is 0 Å². The molecule has 0 radical (unpaired) electrons. The van der Waals surface area contributed by atoms with E-state index < -0.39 is 0 Å². The van der Waals surface area contributed by atoms with Crippen LogP contribution in [0.25, 0.3) is 0 Å². The van der Waals surface area contributed by atoms with E-state index in [9.17, 15) is 0 Å². The lowest BCUT2D eigenvalue weighted by Crippen LogP contribution is -2.12. The number of thiophene rings is 1.